The lowest BCUT2D eigenvalue weighted by atomic mass is 10.2. The van der Waals surface area contributed by atoms with Crippen LogP contribution in [0.3, 0.4) is 0 Å². The fourth-order valence-electron chi connectivity index (χ4n) is 1.25. The van der Waals surface area contributed by atoms with Crippen LogP contribution in [-0.2, 0) is 16.2 Å². The van der Waals surface area contributed by atoms with Crippen molar-refractivity contribution in [2.24, 2.45) is 0 Å². The Bertz CT molecular complexity index is 256. The highest BCUT2D eigenvalue weighted by Crippen LogP contribution is 2.06. The van der Waals surface area contributed by atoms with Gasteiger partial charge in [0.1, 0.15) is 0 Å². The Morgan fingerprint density at radius 1 is 0.938 bits per heavy atom. The lowest BCUT2D eigenvalue weighted by Gasteiger charge is -2.20. The average molecular weight is 223 g/mol. The van der Waals surface area contributed by atoms with E-state index in [2.05, 4.69) is 26.0 Å². The molecule has 3 heteroatoms. The molecule has 0 spiro atoms. The molecule has 0 bridgehead atoms. The predicted octanol–water partition coefficient (Wildman–Crippen LogP) is 3.17. The first-order valence-corrected chi connectivity index (χ1v) is 5.94. The van der Waals surface area contributed by atoms with E-state index in [0.717, 1.165) is 12.8 Å². The van der Waals surface area contributed by atoms with E-state index in [-0.39, 0.29) is 0 Å². The van der Waals surface area contributed by atoms with Gasteiger partial charge in [-0.05, 0) is 18.4 Å². The number of nitrogens with zero attached hydrogens (tertiary/aromatic N) is 1. The number of hydrogen-bond acceptors (Lipinski definition) is 3. The third-order valence-corrected chi connectivity index (χ3v) is 2.03. The number of hydrogen-bond donors (Lipinski definition) is 0. The van der Waals surface area contributed by atoms with Crippen molar-refractivity contribution in [3.63, 3.8) is 0 Å². The van der Waals surface area contributed by atoms with E-state index in [1.807, 2.05) is 18.2 Å². The van der Waals surface area contributed by atoms with Crippen molar-refractivity contribution in [1.82, 2.24) is 5.23 Å². The van der Waals surface area contributed by atoms with Crippen LogP contribution in [0, 0.1) is 0 Å². The summed E-state index contributed by atoms with van der Waals surface area (Å²) >= 11 is 0. The monoisotopic (exact) mass is 223 g/mol. The lowest BCUT2D eigenvalue weighted by Crippen LogP contribution is -2.25. The Balaban J connectivity index is 2.42. The van der Waals surface area contributed by atoms with Crippen LogP contribution in [-0.4, -0.2) is 18.4 Å². The third-order valence-electron chi connectivity index (χ3n) is 2.03. The highest BCUT2D eigenvalue weighted by molar-refractivity contribution is 5.13. The van der Waals surface area contributed by atoms with Crippen LogP contribution < -0.4 is 0 Å². The molecular formula is C13H21NO2. The van der Waals surface area contributed by atoms with E-state index in [1.165, 1.54) is 5.56 Å². The third kappa shape index (κ3) is 5.26. The maximum Gasteiger partial charge on any atom is 0.0767 e. The van der Waals surface area contributed by atoms with E-state index in [4.69, 9.17) is 9.68 Å². The van der Waals surface area contributed by atoms with Gasteiger partial charge in [-0.3, -0.25) is 9.68 Å². The second-order valence-electron chi connectivity index (χ2n) is 3.64. The minimum atomic E-state index is 0.668. The first-order chi connectivity index (χ1) is 7.86. The molecule has 1 aromatic carbocycles. The lowest BCUT2D eigenvalue weighted by molar-refractivity contribution is -0.375. The summed E-state index contributed by atoms with van der Waals surface area (Å²) in [6.45, 7) is 6.22. The Hall–Kier alpha value is -0.900. The topological polar surface area (TPSA) is 21.7 Å². The van der Waals surface area contributed by atoms with E-state index in [0.29, 0.717) is 19.8 Å². The zero-order valence-electron chi connectivity index (χ0n) is 10.2. The Kier molecular flexibility index (Phi) is 6.81. The van der Waals surface area contributed by atoms with Gasteiger partial charge in [-0.15, -0.1) is 0 Å². The summed E-state index contributed by atoms with van der Waals surface area (Å²) in [6.07, 6.45) is 1.97. The largest absolute Gasteiger partial charge is 0.274 e. The van der Waals surface area contributed by atoms with Crippen LogP contribution in [0.5, 0.6) is 0 Å². The molecule has 0 saturated carbocycles. The molecule has 0 aromatic heterocycles. The average Bonchev–Trinajstić information content (AvgIpc) is 2.34. The number of rotatable bonds is 8. The van der Waals surface area contributed by atoms with Gasteiger partial charge in [0.25, 0.3) is 0 Å². The van der Waals surface area contributed by atoms with Crippen LogP contribution in [0.15, 0.2) is 30.3 Å². The molecule has 0 N–H and O–H groups in total. The minimum absolute atomic E-state index is 0.668. The van der Waals surface area contributed by atoms with Crippen molar-refractivity contribution >= 4 is 0 Å². The highest BCUT2D eigenvalue weighted by Gasteiger charge is 2.06. The summed E-state index contributed by atoms with van der Waals surface area (Å²) in [5, 5.41) is 1.59. The van der Waals surface area contributed by atoms with E-state index in [1.54, 1.807) is 5.23 Å². The first-order valence-electron chi connectivity index (χ1n) is 5.94. The molecule has 0 unspecified atom stereocenters. The van der Waals surface area contributed by atoms with Gasteiger partial charge in [0, 0.05) is 0 Å². The molecule has 0 aliphatic heterocycles. The summed E-state index contributed by atoms with van der Waals surface area (Å²) in [4.78, 5) is 11.0. The standard InChI is InChI=1S/C13H21NO2/c1-3-10-15-14(16-11-4-2)12-13-8-6-5-7-9-13/h5-9H,3-4,10-12H2,1-2H3. The molecular weight excluding hydrogens is 202 g/mol. The molecule has 0 aliphatic carbocycles. The fraction of sp³-hybridized carbons (Fsp3) is 0.538. The molecule has 0 fully saturated rings. The molecule has 1 rings (SSSR count). The Morgan fingerprint density at radius 3 is 2.00 bits per heavy atom. The maximum atomic E-state index is 5.51. The highest BCUT2D eigenvalue weighted by atomic mass is 16.9. The molecule has 3 nitrogen and oxygen atoms in total. The smallest absolute Gasteiger partial charge is 0.0767 e. The van der Waals surface area contributed by atoms with Gasteiger partial charge in [-0.2, -0.15) is 0 Å². The summed E-state index contributed by atoms with van der Waals surface area (Å²) < 4.78 is 0. The minimum Gasteiger partial charge on any atom is -0.274 e. The number of benzene rings is 1. The SMILES string of the molecule is CCCON(Cc1ccccc1)OCCC. The van der Waals surface area contributed by atoms with Gasteiger partial charge in [0.05, 0.1) is 19.8 Å². The zero-order chi connectivity index (χ0) is 11.6. The molecule has 0 amide bonds. The van der Waals surface area contributed by atoms with Gasteiger partial charge in [0.2, 0.25) is 0 Å². The Labute approximate surface area is 97.9 Å². The van der Waals surface area contributed by atoms with Crippen molar-refractivity contribution in [1.29, 1.82) is 0 Å². The summed E-state index contributed by atoms with van der Waals surface area (Å²) in [5.74, 6) is 0. The van der Waals surface area contributed by atoms with Crippen LogP contribution in [0.1, 0.15) is 32.3 Å². The van der Waals surface area contributed by atoms with Crippen LogP contribution in [0.2, 0.25) is 0 Å². The number of hydroxylamine groups is 2. The van der Waals surface area contributed by atoms with Crippen molar-refractivity contribution in [3.05, 3.63) is 35.9 Å². The molecule has 1 aromatic rings. The molecule has 0 atom stereocenters. The van der Waals surface area contributed by atoms with Crippen molar-refractivity contribution < 1.29 is 9.68 Å². The molecule has 0 aliphatic rings. The predicted molar refractivity (Wildman–Crippen MR) is 64.5 cm³/mol. The van der Waals surface area contributed by atoms with Gasteiger partial charge in [-0.25, -0.2) is 0 Å². The van der Waals surface area contributed by atoms with Crippen molar-refractivity contribution in [2.75, 3.05) is 13.2 Å². The molecule has 90 valence electrons. The van der Waals surface area contributed by atoms with Gasteiger partial charge < -0.3 is 0 Å². The van der Waals surface area contributed by atoms with Crippen LogP contribution >= 0.6 is 0 Å². The van der Waals surface area contributed by atoms with Crippen molar-refractivity contribution in [2.45, 2.75) is 33.2 Å². The molecule has 0 heterocycles. The first kappa shape index (κ1) is 13.2. The van der Waals surface area contributed by atoms with Gasteiger partial charge in [0.15, 0.2) is 0 Å². The maximum absolute atomic E-state index is 5.51. The van der Waals surface area contributed by atoms with Crippen LogP contribution in [0.4, 0.5) is 0 Å². The Morgan fingerprint density at radius 2 is 1.50 bits per heavy atom. The summed E-state index contributed by atoms with van der Waals surface area (Å²) in [7, 11) is 0. The molecule has 16 heavy (non-hydrogen) atoms. The second-order valence-corrected chi connectivity index (χ2v) is 3.64. The van der Waals surface area contributed by atoms with Crippen LogP contribution in [0.25, 0.3) is 0 Å². The van der Waals surface area contributed by atoms with Crippen molar-refractivity contribution in [3.8, 4) is 0 Å². The van der Waals surface area contributed by atoms with E-state index in [9.17, 15) is 0 Å². The zero-order valence-corrected chi connectivity index (χ0v) is 10.2. The van der Waals surface area contributed by atoms with E-state index >= 15 is 0 Å². The molecule has 0 radical (unpaired) electrons. The van der Waals surface area contributed by atoms with E-state index < -0.39 is 0 Å². The second kappa shape index (κ2) is 8.28. The quantitative estimate of drug-likeness (QED) is 0.632. The fourth-order valence-corrected chi connectivity index (χ4v) is 1.25. The summed E-state index contributed by atoms with van der Waals surface area (Å²) in [5.41, 5.74) is 1.19. The summed E-state index contributed by atoms with van der Waals surface area (Å²) in [6, 6.07) is 10.2. The normalized spacial score (nSPS) is 10.9. The van der Waals surface area contributed by atoms with Gasteiger partial charge in [-0.1, -0.05) is 49.4 Å². The molecule has 0 saturated heterocycles. The van der Waals surface area contributed by atoms with Gasteiger partial charge >= 0.3 is 0 Å².